The van der Waals surface area contributed by atoms with Gasteiger partial charge >= 0.3 is 0 Å². The maximum atomic E-state index is 5.67. The van der Waals surface area contributed by atoms with Gasteiger partial charge in [0.15, 0.2) is 0 Å². The Hall–Kier alpha value is -0.0700. The van der Waals surface area contributed by atoms with Crippen LogP contribution in [0.15, 0.2) is 32.3 Å². The summed E-state index contributed by atoms with van der Waals surface area (Å²) in [5.41, 5.74) is 1.16. The fraction of sp³-hybridized carbons (Fsp3) is 0.273. The lowest BCUT2D eigenvalue weighted by Crippen LogP contribution is -1.97. The second kappa shape index (κ2) is 4.84. The lowest BCUT2D eigenvalue weighted by atomic mass is 10.1. The SMILES string of the molecule is COc1ccc(C2OCC(Br)=C2I)cc1. The highest BCUT2D eigenvalue weighted by molar-refractivity contribution is 14.1. The van der Waals surface area contributed by atoms with E-state index in [2.05, 4.69) is 38.5 Å². The van der Waals surface area contributed by atoms with Crippen LogP contribution < -0.4 is 4.74 Å². The molecule has 0 amide bonds. The summed E-state index contributed by atoms with van der Waals surface area (Å²) in [6, 6.07) is 7.98. The minimum atomic E-state index is 0.0749. The molecule has 0 fully saturated rings. The largest absolute Gasteiger partial charge is 0.497 e. The van der Waals surface area contributed by atoms with Gasteiger partial charge in [-0.05, 0) is 40.3 Å². The van der Waals surface area contributed by atoms with Crippen LogP contribution >= 0.6 is 38.5 Å². The summed E-state index contributed by atoms with van der Waals surface area (Å²) in [5.74, 6) is 0.870. The van der Waals surface area contributed by atoms with Gasteiger partial charge in [0.1, 0.15) is 11.9 Å². The molecular weight excluding hydrogens is 371 g/mol. The van der Waals surface area contributed by atoms with Crippen LogP contribution in [0, 0.1) is 0 Å². The molecule has 0 aromatic heterocycles. The van der Waals surface area contributed by atoms with Crippen molar-refractivity contribution in [2.75, 3.05) is 13.7 Å². The molecule has 80 valence electrons. The van der Waals surface area contributed by atoms with Crippen LogP contribution in [0.2, 0.25) is 0 Å². The van der Waals surface area contributed by atoms with E-state index in [0.29, 0.717) is 6.61 Å². The third-order valence-electron chi connectivity index (χ3n) is 2.28. The molecule has 4 heteroatoms. The van der Waals surface area contributed by atoms with Crippen LogP contribution in [0.25, 0.3) is 0 Å². The van der Waals surface area contributed by atoms with Gasteiger partial charge in [0.05, 0.1) is 13.7 Å². The Morgan fingerprint density at radius 3 is 2.53 bits per heavy atom. The molecule has 1 atom stereocenters. The van der Waals surface area contributed by atoms with E-state index in [1.54, 1.807) is 7.11 Å². The quantitative estimate of drug-likeness (QED) is 0.726. The van der Waals surface area contributed by atoms with E-state index in [1.165, 1.54) is 3.58 Å². The molecular formula is C11H10BrIO2. The smallest absolute Gasteiger partial charge is 0.118 e. The van der Waals surface area contributed by atoms with Gasteiger partial charge in [0.2, 0.25) is 0 Å². The van der Waals surface area contributed by atoms with Crippen molar-refractivity contribution in [3.63, 3.8) is 0 Å². The molecule has 2 nitrogen and oxygen atoms in total. The van der Waals surface area contributed by atoms with Crippen molar-refractivity contribution < 1.29 is 9.47 Å². The number of methoxy groups -OCH3 is 1. The van der Waals surface area contributed by atoms with E-state index in [-0.39, 0.29) is 6.10 Å². The van der Waals surface area contributed by atoms with Crippen LogP contribution in [-0.2, 0) is 4.74 Å². The van der Waals surface area contributed by atoms with Crippen LogP contribution in [0.1, 0.15) is 11.7 Å². The molecule has 0 saturated carbocycles. The Morgan fingerprint density at radius 1 is 1.40 bits per heavy atom. The number of ether oxygens (including phenoxy) is 2. The lowest BCUT2D eigenvalue weighted by Gasteiger charge is -2.11. The fourth-order valence-electron chi connectivity index (χ4n) is 1.46. The third kappa shape index (κ3) is 2.37. The Balaban J connectivity index is 2.24. The first kappa shape index (κ1) is 11.4. The zero-order valence-corrected chi connectivity index (χ0v) is 11.9. The normalized spacial score (nSPS) is 20.9. The zero-order valence-electron chi connectivity index (χ0n) is 8.17. The molecule has 1 unspecified atom stereocenters. The summed E-state index contributed by atoms with van der Waals surface area (Å²) in [6.07, 6.45) is 0.0749. The summed E-state index contributed by atoms with van der Waals surface area (Å²) in [7, 11) is 1.67. The third-order valence-corrected chi connectivity index (χ3v) is 4.90. The fourth-order valence-corrected chi connectivity index (χ4v) is 2.50. The topological polar surface area (TPSA) is 18.5 Å². The highest BCUT2D eigenvalue weighted by atomic mass is 127. The van der Waals surface area contributed by atoms with Crippen molar-refractivity contribution in [2.45, 2.75) is 6.10 Å². The predicted octanol–water partition coefficient (Wildman–Crippen LogP) is 3.81. The molecule has 1 aliphatic rings. The summed E-state index contributed by atoms with van der Waals surface area (Å²) in [4.78, 5) is 0. The second-order valence-electron chi connectivity index (χ2n) is 3.22. The molecule has 1 aromatic carbocycles. The van der Waals surface area contributed by atoms with Crippen LogP contribution in [0.3, 0.4) is 0 Å². The minimum Gasteiger partial charge on any atom is -0.497 e. The molecule has 15 heavy (non-hydrogen) atoms. The van der Waals surface area contributed by atoms with Gasteiger partial charge in [-0.2, -0.15) is 0 Å². The molecule has 0 bridgehead atoms. The van der Waals surface area contributed by atoms with Gasteiger partial charge in [-0.25, -0.2) is 0 Å². The van der Waals surface area contributed by atoms with Crippen molar-refractivity contribution >= 4 is 38.5 Å². The van der Waals surface area contributed by atoms with Crippen molar-refractivity contribution in [3.8, 4) is 5.75 Å². The van der Waals surface area contributed by atoms with Gasteiger partial charge in [-0.1, -0.05) is 28.1 Å². The molecule has 1 heterocycles. The molecule has 0 radical (unpaired) electrons. The molecule has 1 aliphatic heterocycles. The zero-order chi connectivity index (χ0) is 10.8. The van der Waals surface area contributed by atoms with Crippen LogP contribution in [0.5, 0.6) is 5.75 Å². The van der Waals surface area contributed by atoms with Crippen LogP contribution in [-0.4, -0.2) is 13.7 Å². The van der Waals surface area contributed by atoms with Crippen molar-refractivity contribution in [3.05, 3.63) is 37.9 Å². The Kier molecular flexibility index (Phi) is 3.69. The summed E-state index contributed by atoms with van der Waals surface area (Å²) < 4.78 is 13.1. The number of benzene rings is 1. The van der Waals surface area contributed by atoms with Gasteiger partial charge in [-0.15, -0.1) is 0 Å². The van der Waals surface area contributed by atoms with E-state index in [4.69, 9.17) is 9.47 Å². The van der Waals surface area contributed by atoms with Gasteiger partial charge in [-0.3, -0.25) is 0 Å². The van der Waals surface area contributed by atoms with Crippen LogP contribution in [0.4, 0.5) is 0 Å². The van der Waals surface area contributed by atoms with E-state index < -0.39 is 0 Å². The van der Waals surface area contributed by atoms with Gasteiger partial charge in [0, 0.05) is 8.06 Å². The number of hydrogen-bond acceptors (Lipinski definition) is 2. The first-order valence-electron chi connectivity index (χ1n) is 4.52. The monoisotopic (exact) mass is 380 g/mol. The Morgan fingerprint density at radius 2 is 2.07 bits per heavy atom. The minimum absolute atomic E-state index is 0.0749. The first-order valence-corrected chi connectivity index (χ1v) is 6.39. The van der Waals surface area contributed by atoms with E-state index >= 15 is 0 Å². The summed E-state index contributed by atoms with van der Waals surface area (Å²) in [5, 5.41) is 0. The number of halogens is 2. The maximum absolute atomic E-state index is 5.67. The Labute approximate surface area is 111 Å². The van der Waals surface area contributed by atoms with Gasteiger partial charge < -0.3 is 9.47 Å². The van der Waals surface area contributed by atoms with Gasteiger partial charge in [0.25, 0.3) is 0 Å². The molecule has 1 aromatic rings. The summed E-state index contributed by atoms with van der Waals surface area (Å²) in [6.45, 7) is 0.662. The molecule has 2 rings (SSSR count). The summed E-state index contributed by atoms with van der Waals surface area (Å²) >= 11 is 5.81. The Bertz CT molecular complexity index is 386. The molecule has 0 saturated heterocycles. The van der Waals surface area contributed by atoms with E-state index in [9.17, 15) is 0 Å². The molecule has 0 aliphatic carbocycles. The highest BCUT2D eigenvalue weighted by Gasteiger charge is 2.24. The second-order valence-corrected chi connectivity index (χ2v) is 5.34. The maximum Gasteiger partial charge on any atom is 0.118 e. The van der Waals surface area contributed by atoms with Crippen molar-refractivity contribution in [2.24, 2.45) is 0 Å². The van der Waals surface area contributed by atoms with Crippen molar-refractivity contribution in [1.82, 2.24) is 0 Å². The average molecular weight is 381 g/mol. The predicted molar refractivity (Wildman–Crippen MR) is 71.7 cm³/mol. The van der Waals surface area contributed by atoms with E-state index in [0.717, 1.165) is 15.8 Å². The van der Waals surface area contributed by atoms with Crippen molar-refractivity contribution in [1.29, 1.82) is 0 Å². The average Bonchev–Trinajstić information content (AvgIpc) is 2.60. The molecule has 0 N–H and O–H groups in total. The lowest BCUT2D eigenvalue weighted by molar-refractivity contribution is 0.128. The number of rotatable bonds is 2. The molecule has 0 spiro atoms. The highest BCUT2D eigenvalue weighted by Crippen LogP contribution is 2.40. The first-order chi connectivity index (χ1) is 7.22. The standard InChI is InChI=1S/C11H10BrIO2/c1-14-8-4-2-7(3-5-8)11-10(13)9(12)6-15-11/h2-5,11H,6H2,1H3. The van der Waals surface area contributed by atoms with E-state index in [1.807, 2.05) is 24.3 Å². The number of hydrogen-bond donors (Lipinski definition) is 0.